The van der Waals surface area contributed by atoms with E-state index in [0.717, 1.165) is 23.1 Å². The summed E-state index contributed by atoms with van der Waals surface area (Å²) in [6, 6.07) is 22.5. The number of carbonyl (C=O) groups is 1. The molecule has 0 saturated heterocycles. The lowest BCUT2D eigenvalue weighted by Gasteiger charge is -2.41. The molecule has 4 nitrogen and oxygen atoms in total. The Morgan fingerprint density at radius 3 is 2.25 bits per heavy atom. The quantitative estimate of drug-likeness (QED) is 0.517. The second-order valence-corrected chi connectivity index (χ2v) is 9.29. The van der Waals surface area contributed by atoms with Gasteiger partial charge in [0.2, 0.25) is 0 Å². The van der Waals surface area contributed by atoms with Crippen LogP contribution < -0.4 is 0 Å². The number of ether oxygens (including phenoxy) is 1. The number of nitrogens with zero attached hydrogens (tertiary/aromatic N) is 1. The Morgan fingerprint density at radius 2 is 1.59 bits per heavy atom. The number of aliphatic hydroxyl groups is 1. The standard InChI is InChI=1S/C26H23Cl2NO3/c27-19-9-5-17(6-10-19)16-29-25(31)23-3-1-2-4-24(23)26(29,18-7-11-20(28)12-8-18)32-22-14-13-21(30)15-22/h1-12,21-22,30H,13-16H2. The first-order valence-corrected chi connectivity index (χ1v) is 11.5. The summed E-state index contributed by atoms with van der Waals surface area (Å²) in [7, 11) is 0. The number of benzene rings is 3. The van der Waals surface area contributed by atoms with Gasteiger partial charge in [0.1, 0.15) is 0 Å². The second kappa shape index (κ2) is 8.53. The summed E-state index contributed by atoms with van der Waals surface area (Å²) in [6.45, 7) is 0.350. The average Bonchev–Trinajstić information content (AvgIpc) is 3.31. The number of hydrogen-bond acceptors (Lipinski definition) is 3. The fourth-order valence-corrected chi connectivity index (χ4v) is 5.05. The smallest absolute Gasteiger partial charge is 0.257 e. The summed E-state index contributed by atoms with van der Waals surface area (Å²) >= 11 is 12.3. The fraction of sp³-hybridized carbons (Fsp3) is 0.269. The number of rotatable bonds is 5. The van der Waals surface area contributed by atoms with Gasteiger partial charge in [-0.15, -0.1) is 0 Å². The molecule has 1 aliphatic carbocycles. The Morgan fingerprint density at radius 1 is 0.938 bits per heavy atom. The molecule has 0 aromatic heterocycles. The van der Waals surface area contributed by atoms with E-state index in [9.17, 15) is 9.90 Å². The van der Waals surface area contributed by atoms with Crippen molar-refractivity contribution in [3.8, 4) is 0 Å². The van der Waals surface area contributed by atoms with E-state index in [1.54, 1.807) is 4.90 Å². The van der Waals surface area contributed by atoms with E-state index < -0.39 is 5.72 Å². The molecule has 164 valence electrons. The van der Waals surface area contributed by atoms with Crippen molar-refractivity contribution in [3.05, 3.63) is 105 Å². The summed E-state index contributed by atoms with van der Waals surface area (Å²) in [5.41, 5.74) is 2.09. The molecule has 1 fully saturated rings. The van der Waals surface area contributed by atoms with Gasteiger partial charge in [-0.25, -0.2) is 0 Å². The highest BCUT2D eigenvalue weighted by Crippen LogP contribution is 2.48. The van der Waals surface area contributed by atoms with Crippen molar-refractivity contribution in [2.45, 2.75) is 43.7 Å². The number of aliphatic hydroxyl groups excluding tert-OH is 1. The van der Waals surface area contributed by atoms with Gasteiger partial charge in [-0.2, -0.15) is 0 Å². The van der Waals surface area contributed by atoms with E-state index in [-0.39, 0.29) is 18.1 Å². The minimum Gasteiger partial charge on any atom is -0.393 e. The average molecular weight is 468 g/mol. The normalized spacial score (nSPS) is 24.7. The van der Waals surface area contributed by atoms with Crippen molar-refractivity contribution in [2.24, 2.45) is 0 Å². The van der Waals surface area contributed by atoms with Crippen LogP contribution in [-0.2, 0) is 17.0 Å². The van der Waals surface area contributed by atoms with Crippen molar-refractivity contribution < 1.29 is 14.6 Å². The largest absolute Gasteiger partial charge is 0.393 e. The molecule has 3 unspecified atom stereocenters. The topological polar surface area (TPSA) is 49.8 Å². The highest BCUT2D eigenvalue weighted by molar-refractivity contribution is 6.30. The molecule has 3 atom stereocenters. The van der Waals surface area contributed by atoms with E-state index in [4.69, 9.17) is 27.9 Å². The number of fused-ring (bicyclic) bond motifs is 1. The fourth-order valence-electron chi connectivity index (χ4n) is 4.80. The maximum Gasteiger partial charge on any atom is 0.257 e. The molecule has 2 aliphatic rings. The van der Waals surface area contributed by atoms with Gasteiger partial charge in [0.15, 0.2) is 5.72 Å². The molecule has 0 bridgehead atoms. The maximum atomic E-state index is 13.7. The van der Waals surface area contributed by atoms with E-state index in [0.29, 0.717) is 35.0 Å². The highest BCUT2D eigenvalue weighted by atomic mass is 35.5. The van der Waals surface area contributed by atoms with Crippen LogP contribution in [0.5, 0.6) is 0 Å². The van der Waals surface area contributed by atoms with Gasteiger partial charge in [-0.1, -0.05) is 65.7 Å². The molecule has 0 radical (unpaired) electrons. The molecule has 5 rings (SSSR count). The molecular weight excluding hydrogens is 445 g/mol. The number of amides is 1. The third-order valence-corrected chi connectivity index (χ3v) is 6.84. The summed E-state index contributed by atoms with van der Waals surface area (Å²) in [4.78, 5) is 15.5. The Labute approximate surface area is 197 Å². The Bertz CT molecular complexity index is 1130. The van der Waals surface area contributed by atoms with E-state index >= 15 is 0 Å². The Kier molecular flexibility index (Phi) is 5.72. The monoisotopic (exact) mass is 467 g/mol. The van der Waals surface area contributed by atoms with Crippen LogP contribution in [0, 0.1) is 0 Å². The minimum absolute atomic E-state index is 0.0935. The van der Waals surface area contributed by atoms with Gasteiger partial charge < -0.3 is 9.84 Å². The second-order valence-electron chi connectivity index (χ2n) is 8.42. The van der Waals surface area contributed by atoms with E-state index in [2.05, 4.69) is 0 Å². The first kappa shape index (κ1) is 21.5. The van der Waals surface area contributed by atoms with Crippen LogP contribution in [0.4, 0.5) is 0 Å². The number of hydrogen-bond donors (Lipinski definition) is 1. The molecule has 1 heterocycles. The van der Waals surface area contributed by atoms with Crippen molar-refractivity contribution in [3.63, 3.8) is 0 Å². The van der Waals surface area contributed by atoms with Gasteiger partial charge in [0.05, 0.1) is 12.2 Å². The zero-order valence-corrected chi connectivity index (χ0v) is 18.9. The molecule has 6 heteroatoms. The molecule has 1 N–H and O–H groups in total. The van der Waals surface area contributed by atoms with Crippen LogP contribution in [0.1, 0.15) is 46.3 Å². The van der Waals surface area contributed by atoms with Crippen LogP contribution >= 0.6 is 23.2 Å². The van der Waals surface area contributed by atoms with Crippen molar-refractivity contribution >= 4 is 29.1 Å². The third kappa shape index (κ3) is 3.71. The SMILES string of the molecule is O=C1c2ccccc2C(OC2CCC(O)C2)(c2ccc(Cl)cc2)N1Cc1ccc(Cl)cc1. The lowest BCUT2D eigenvalue weighted by Crippen LogP contribution is -2.48. The lowest BCUT2D eigenvalue weighted by molar-refractivity contribution is -0.147. The minimum atomic E-state index is -1.12. The van der Waals surface area contributed by atoms with Crippen molar-refractivity contribution in [1.29, 1.82) is 0 Å². The Hall–Kier alpha value is -2.37. The molecule has 3 aromatic carbocycles. The molecule has 1 aliphatic heterocycles. The van der Waals surface area contributed by atoms with Crippen molar-refractivity contribution in [2.75, 3.05) is 0 Å². The van der Waals surface area contributed by atoms with E-state index in [1.807, 2.05) is 72.8 Å². The molecule has 0 spiro atoms. The first-order valence-electron chi connectivity index (χ1n) is 10.8. The molecule has 3 aromatic rings. The summed E-state index contributed by atoms with van der Waals surface area (Å²) < 4.78 is 6.84. The van der Waals surface area contributed by atoms with Gasteiger partial charge >= 0.3 is 0 Å². The molecule has 1 saturated carbocycles. The zero-order chi connectivity index (χ0) is 22.3. The first-order chi connectivity index (χ1) is 15.5. The van der Waals surface area contributed by atoms with Gasteiger partial charge in [0, 0.05) is 33.3 Å². The molecule has 1 amide bonds. The Balaban J connectivity index is 1.67. The predicted octanol–water partition coefficient (Wildman–Crippen LogP) is 5.78. The van der Waals surface area contributed by atoms with Crippen LogP contribution in [-0.4, -0.2) is 28.1 Å². The van der Waals surface area contributed by atoms with Crippen LogP contribution in [0.15, 0.2) is 72.8 Å². The van der Waals surface area contributed by atoms with Crippen molar-refractivity contribution in [1.82, 2.24) is 4.90 Å². The summed E-state index contributed by atoms with van der Waals surface area (Å²) in [5, 5.41) is 11.4. The third-order valence-electron chi connectivity index (χ3n) is 6.33. The molecular formula is C26H23Cl2NO3. The van der Waals surface area contributed by atoms with Gasteiger partial charge in [-0.05, 0) is 55.2 Å². The number of carbonyl (C=O) groups excluding carboxylic acids is 1. The maximum absolute atomic E-state index is 13.7. The summed E-state index contributed by atoms with van der Waals surface area (Å²) in [5.74, 6) is -0.0935. The predicted molar refractivity (Wildman–Crippen MR) is 125 cm³/mol. The van der Waals surface area contributed by atoms with Crippen LogP contribution in [0.2, 0.25) is 10.0 Å². The lowest BCUT2D eigenvalue weighted by atomic mass is 9.92. The number of halogens is 2. The highest BCUT2D eigenvalue weighted by Gasteiger charge is 2.53. The van der Waals surface area contributed by atoms with Gasteiger partial charge in [0.25, 0.3) is 5.91 Å². The zero-order valence-electron chi connectivity index (χ0n) is 17.4. The molecule has 32 heavy (non-hydrogen) atoms. The van der Waals surface area contributed by atoms with E-state index in [1.165, 1.54) is 0 Å². The summed E-state index contributed by atoms with van der Waals surface area (Å²) in [6.07, 6.45) is 1.41. The van der Waals surface area contributed by atoms with Gasteiger partial charge in [-0.3, -0.25) is 9.69 Å². The van der Waals surface area contributed by atoms with Crippen LogP contribution in [0.25, 0.3) is 0 Å². The van der Waals surface area contributed by atoms with Crippen LogP contribution in [0.3, 0.4) is 0 Å².